The quantitative estimate of drug-likeness (QED) is 0.328. The highest BCUT2D eigenvalue weighted by molar-refractivity contribution is 5.62. The lowest BCUT2D eigenvalue weighted by atomic mass is 9.87. The summed E-state index contributed by atoms with van der Waals surface area (Å²) in [5.41, 5.74) is 4.66. The summed E-state index contributed by atoms with van der Waals surface area (Å²) in [6, 6.07) is 26.6. The van der Waals surface area contributed by atoms with E-state index in [4.69, 9.17) is 14.2 Å². The third kappa shape index (κ3) is 8.07. The number of hydrogen-bond donors (Lipinski definition) is 0. The Balaban J connectivity index is 1.27. The van der Waals surface area contributed by atoms with Crippen molar-refractivity contribution < 1.29 is 24.1 Å². The molecule has 0 spiro atoms. The molecule has 0 N–H and O–H groups in total. The largest absolute Gasteiger partial charge is 0.530 e. The van der Waals surface area contributed by atoms with Crippen LogP contribution in [-0.4, -0.2) is 43.4 Å². The Hall–Kier alpha value is -3.35. The molecule has 1 aliphatic rings. The van der Waals surface area contributed by atoms with E-state index in [1.165, 1.54) is 16.0 Å². The number of carbonyl (C=O) groups is 1. The van der Waals surface area contributed by atoms with Gasteiger partial charge in [-0.25, -0.2) is 0 Å². The number of likely N-dealkylation sites (tertiary alicyclic amines) is 1. The van der Waals surface area contributed by atoms with Crippen LogP contribution < -0.4 is 9.84 Å². The minimum atomic E-state index is -1.14. The Morgan fingerprint density at radius 1 is 0.892 bits per heavy atom. The van der Waals surface area contributed by atoms with Crippen molar-refractivity contribution >= 4 is 6.09 Å². The highest BCUT2D eigenvalue weighted by atomic mass is 16.5. The molecule has 1 amide bonds. The molecule has 1 aliphatic heterocycles. The van der Waals surface area contributed by atoms with Crippen molar-refractivity contribution in [3.05, 3.63) is 101 Å². The van der Waals surface area contributed by atoms with Crippen molar-refractivity contribution in [1.29, 1.82) is 0 Å². The van der Waals surface area contributed by atoms with E-state index in [2.05, 4.69) is 55.5 Å². The Morgan fingerprint density at radius 2 is 1.59 bits per heavy atom. The van der Waals surface area contributed by atoms with Gasteiger partial charge in [0.1, 0.15) is 11.8 Å². The summed E-state index contributed by atoms with van der Waals surface area (Å²) in [5.74, 6) is 0.915. The van der Waals surface area contributed by atoms with Gasteiger partial charge in [0.25, 0.3) is 0 Å². The van der Waals surface area contributed by atoms with Crippen LogP contribution in [0.4, 0.5) is 4.79 Å². The van der Waals surface area contributed by atoms with Crippen LogP contribution in [-0.2, 0) is 29.1 Å². The van der Waals surface area contributed by atoms with E-state index < -0.39 is 6.09 Å². The molecule has 6 nitrogen and oxygen atoms in total. The number of rotatable bonds is 12. The number of piperidine rings is 1. The summed E-state index contributed by atoms with van der Waals surface area (Å²) in [4.78, 5) is 12.9. The predicted octanol–water partition coefficient (Wildman–Crippen LogP) is 4.95. The summed E-state index contributed by atoms with van der Waals surface area (Å²) in [6.45, 7) is 5.16. The molecule has 1 fully saturated rings. The molecule has 0 aromatic heterocycles. The Bertz CT molecular complexity index is 1080. The van der Waals surface area contributed by atoms with Crippen molar-refractivity contribution in [2.24, 2.45) is 0 Å². The molecule has 196 valence electrons. The average Bonchev–Trinajstić information content (AvgIpc) is 2.95. The summed E-state index contributed by atoms with van der Waals surface area (Å²) >= 11 is 0. The van der Waals surface area contributed by atoms with Crippen LogP contribution in [0.1, 0.15) is 47.9 Å². The third-order valence-electron chi connectivity index (χ3n) is 6.83. The van der Waals surface area contributed by atoms with Crippen LogP contribution in [0.5, 0.6) is 5.75 Å². The van der Waals surface area contributed by atoms with Crippen molar-refractivity contribution in [2.45, 2.75) is 51.4 Å². The first-order valence-corrected chi connectivity index (χ1v) is 13.1. The topological polar surface area (TPSA) is 71.1 Å². The number of nitrogens with zero attached hydrogens (tertiary/aromatic N) is 1. The fourth-order valence-corrected chi connectivity index (χ4v) is 4.63. The normalized spacial score (nSPS) is 17.5. The van der Waals surface area contributed by atoms with Gasteiger partial charge in [-0.15, -0.1) is 0 Å². The zero-order chi connectivity index (χ0) is 25.9. The Kier molecular flexibility index (Phi) is 9.97. The lowest BCUT2D eigenvalue weighted by Gasteiger charge is -2.40. The van der Waals surface area contributed by atoms with Crippen LogP contribution >= 0.6 is 0 Å². The molecule has 2 atom stereocenters. The third-order valence-corrected chi connectivity index (χ3v) is 6.83. The van der Waals surface area contributed by atoms with Crippen LogP contribution in [0.3, 0.4) is 0 Å². The highest BCUT2D eigenvalue weighted by Gasteiger charge is 2.31. The SMILES string of the molecule is CCc1ccc(COC2CN(C(=O)[O-])CCC2c2ccc(OCCCOCc3ccccc3)cc2)cc1. The molecule has 0 saturated carbocycles. The molecule has 0 aliphatic carbocycles. The number of carboxylic acid groups (broad SMARTS) is 1. The van der Waals surface area contributed by atoms with Gasteiger partial charge in [0.05, 0.1) is 32.5 Å². The summed E-state index contributed by atoms with van der Waals surface area (Å²) in [7, 11) is 0. The molecule has 6 heteroatoms. The number of ether oxygens (including phenoxy) is 3. The van der Waals surface area contributed by atoms with Gasteiger partial charge in [0, 0.05) is 25.4 Å². The Labute approximate surface area is 219 Å². The zero-order valence-corrected chi connectivity index (χ0v) is 21.5. The molecule has 4 rings (SSSR count). The second kappa shape index (κ2) is 13.8. The van der Waals surface area contributed by atoms with Crippen LogP contribution in [0.15, 0.2) is 78.9 Å². The van der Waals surface area contributed by atoms with E-state index in [0.29, 0.717) is 45.9 Å². The minimum Gasteiger partial charge on any atom is -0.530 e. The molecule has 3 aromatic carbocycles. The van der Waals surface area contributed by atoms with Gasteiger partial charge >= 0.3 is 0 Å². The Morgan fingerprint density at radius 3 is 2.30 bits per heavy atom. The first-order valence-electron chi connectivity index (χ1n) is 13.1. The lowest BCUT2D eigenvalue weighted by Crippen LogP contribution is -2.51. The maximum atomic E-state index is 11.5. The highest BCUT2D eigenvalue weighted by Crippen LogP contribution is 2.32. The van der Waals surface area contributed by atoms with Crippen molar-refractivity contribution in [2.75, 3.05) is 26.3 Å². The van der Waals surface area contributed by atoms with Gasteiger partial charge in [0.2, 0.25) is 0 Å². The first kappa shape index (κ1) is 26.7. The van der Waals surface area contributed by atoms with Gasteiger partial charge < -0.3 is 29.0 Å². The van der Waals surface area contributed by atoms with E-state index in [-0.39, 0.29) is 12.0 Å². The molecular formula is C31H36NO5-. The van der Waals surface area contributed by atoms with Gasteiger partial charge in [0.15, 0.2) is 0 Å². The molecular weight excluding hydrogens is 466 g/mol. The molecule has 1 heterocycles. The van der Waals surface area contributed by atoms with Gasteiger partial charge in [-0.3, -0.25) is 0 Å². The van der Waals surface area contributed by atoms with Crippen molar-refractivity contribution in [3.63, 3.8) is 0 Å². The summed E-state index contributed by atoms with van der Waals surface area (Å²) in [6.07, 6.45) is 1.10. The van der Waals surface area contributed by atoms with E-state index in [1.807, 2.05) is 30.3 Å². The number of benzene rings is 3. The van der Waals surface area contributed by atoms with E-state index >= 15 is 0 Å². The molecule has 2 unspecified atom stereocenters. The van der Waals surface area contributed by atoms with Crippen molar-refractivity contribution in [1.82, 2.24) is 4.90 Å². The van der Waals surface area contributed by atoms with E-state index in [1.54, 1.807) is 0 Å². The second-order valence-corrected chi connectivity index (χ2v) is 9.44. The van der Waals surface area contributed by atoms with Crippen molar-refractivity contribution in [3.8, 4) is 5.75 Å². The molecule has 1 saturated heterocycles. The van der Waals surface area contributed by atoms with E-state index in [0.717, 1.165) is 29.7 Å². The molecule has 37 heavy (non-hydrogen) atoms. The van der Waals surface area contributed by atoms with Gasteiger partial charge in [-0.2, -0.15) is 0 Å². The predicted molar refractivity (Wildman–Crippen MR) is 141 cm³/mol. The smallest absolute Gasteiger partial charge is 0.137 e. The fourth-order valence-electron chi connectivity index (χ4n) is 4.63. The molecule has 3 aromatic rings. The first-order chi connectivity index (χ1) is 18.1. The maximum Gasteiger partial charge on any atom is 0.137 e. The summed E-state index contributed by atoms with van der Waals surface area (Å²) < 4.78 is 17.9. The fraction of sp³-hybridized carbons (Fsp3) is 0.387. The van der Waals surface area contributed by atoms with Crippen LogP contribution in [0.2, 0.25) is 0 Å². The molecule has 0 bridgehead atoms. The van der Waals surface area contributed by atoms with Gasteiger partial charge in [-0.1, -0.05) is 73.7 Å². The van der Waals surface area contributed by atoms with Crippen LogP contribution in [0.25, 0.3) is 0 Å². The standard InChI is InChI=1S/C31H37NO5/c1-2-24-9-11-26(12-10-24)23-37-30-21-32(31(33)34)18-17-29(30)27-13-15-28(16-14-27)36-20-6-19-35-22-25-7-4-3-5-8-25/h3-5,7-16,29-30H,2,6,17-23H2,1H3,(H,33,34)/p-1. The lowest BCUT2D eigenvalue weighted by molar-refractivity contribution is -0.268. The van der Waals surface area contributed by atoms with E-state index in [9.17, 15) is 9.90 Å². The zero-order valence-electron chi connectivity index (χ0n) is 21.5. The molecule has 0 radical (unpaired) electrons. The number of carbonyl (C=O) groups excluding carboxylic acids is 1. The summed E-state index contributed by atoms with van der Waals surface area (Å²) in [5, 5.41) is 11.5. The monoisotopic (exact) mass is 502 g/mol. The second-order valence-electron chi connectivity index (χ2n) is 9.44. The maximum absolute atomic E-state index is 11.5. The van der Waals surface area contributed by atoms with Gasteiger partial charge in [-0.05, 0) is 47.2 Å². The minimum absolute atomic E-state index is 0.103. The number of hydrogen-bond acceptors (Lipinski definition) is 5. The number of aryl methyl sites for hydroxylation is 1. The average molecular weight is 503 g/mol. The number of amides is 1. The van der Waals surface area contributed by atoms with Crippen LogP contribution in [0, 0.1) is 0 Å².